The zero-order valence-electron chi connectivity index (χ0n) is 18.6. The molecule has 0 aromatic heterocycles. The van der Waals surface area contributed by atoms with Crippen molar-refractivity contribution in [3.8, 4) is 0 Å². The van der Waals surface area contributed by atoms with Crippen LogP contribution in [0.5, 0.6) is 0 Å². The SMILES string of the molecule is CCCCC/C=C/CCC(CC)CC(CCCC[Si](C)(O)O)c1ccccc1. The molecular weight excluding hydrogens is 360 g/mol. The summed E-state index contributed by atoms with van der Waals surface area (Å²) in [6, 6.07) is 11.5. The predicted octanol–water partition coefficient (Wildman–Crippen LogP) is 7.33. The van der Waals surface area contributed by atoms with Gasteiger partial charge >= 0.3 is 8.56 Å². The molecule has 1 rings (SSSR count). The first kappa shape index (κ1) is 25.1. The lowest BCUT2D eigenvalue weighted by molar-refractivity contribution is 0.360. The van der Waals surface area contributed by atoms with Crippen molar-refractivity contribution in [3.05, 3.63) is 48.0 Å². The molecule has 3 heteroatoms. The molecule has 1 aromatic carbocycles. The van der Waals surface area contributed by atoms with Crippen molar-refractivity contribution in [1.29, 1.82) is 0 Å². The average Bonchev–Trinajstić information content (AvgIpc) is 2.68. The Bertz CT molecular complexity index is 507. The summed E-state index contributed by atoms with van der Waals surface area (Å²) in [6.07, 6.45) is 18.1. The maximum atomic E-state index is 9.66. The molecule has 0 fully saturated rings. The van der Waals surface area contributed by atoms with E-state index in [0.717, 1.165) is 25.2 Å². The van der Waals surface area contributed by atoms with Gasteiger partial charge in [0.25, 0.3) is 0 Å². The summed E-state index contributed by atoms with van der Waals surface area (Å²) in [4.78, 5) is 19.3. The molecule has 0 heterocycles. The molecule has 160 valence electrons. The van der Waals surface area contributed by atoms with E-state index in [4.69, 9.17) is 0 Å². The Morgan fingerprint density at radius 3 is 2.25 bits per heavy atom. The maximum absolute atomic E-state index is 9.66. The van der Waals surface area contributed by atoms with Gasteiger partial charge in [0.1, 0.15) is 0 Å². The molecule has 0 amide bonds. The molecule has 0 spiro atoms. The van der Waals surface area contributed by atoms with Crippen molar-refractivity contribution < 1.29 is 9.59 Å². The fraction of sp³-hybridized carbons (Fsp3) is 0.680. The van der Waals surface area contributed by atoms with Crippen molar-refractivity contribution in [2.24, 2.45) is 5.92 Å². The molecule has 1 aromatic rings. The normalized spacial score (nSPS) is 14.5. The molecule has 0 saturated heterocycles. The van der Waals surface area contributed by atoms with Crippen LogP contribution in [0.25, 0.3) is 0 Å². The molecule has 0 radical (unpaired) electrons. The highest BCUT2D eigenvalue weighted by Crippen LogP contribution is 2.32. The standard InChI is InChI=1S/C25H44O2Si/c1-4-6-7-8-9-10-12-17-23(5-2)22-25(24-18-13-11-14-19-24)20-15-16-21-28(3,26)27/h9-11,13-14,18-19,23,25-27H,4-8,12,15-17,20-22H2,1-3H3/b10-9+. The number of allylic oxidation sites excluding steroid dienone is 2. The second-order valence-corrected chi connectivity index (χ2v) is 11.6. The summed E-state index contributed by atoms with van der Waals surface area (Å²) in [6.45, 7) is 6.20. The van der Waals surface area contributed by atoms with E-state index in [1.165, 1.54) is 56.9 Å². The smallest absolute Gasteiger partial charge is 0.329 e. The number of rotatable bonds is 16. The van der Waals surface area contributed by atoms with Crippen LogP contribution >= 0.6 is 0 Å². The Morgan fingerprint density at radius 1 is 0.893 bits per heavy atom. The van der Waals surface area contributed by atoms with Gasteiger partial charge in [0.05, 0.1) is 0 Å². The van der Waals surface area contributed by atoms with Gasteiger partial charge in [-0.15, -0.1) is 0 Å². The van der Waals surface area contributed by atoms with E-state index in [1.807, 2.05) is 0 Å². The summed E-state index contributed by atoms with van der Waals surface area (Å²) < 4.78 is 0. The highest BCUT2D eigenvalue weighted by Gasteiger charge is 2.21. The lowest BCUT2D eigenvalue weighted by Crippen LogP contribution is -2.29. The van der Waals surface area contributed by atoms with Crippen LogP contribution in [0.2, 0.25) is 12.6 Å². The van der Waals surface area contributed by atoms with Gasteiger partial charge in [0.2, 0.25) is 0 Å². The van der Waals surface area contributed by atoms with Crippen LogP contribution in [0, 0.1) is 5.92 Å². The summed E-state index contributed by atoms with van der Waals surface area (Å²) in [5, 5.41) is 0. The minimum absolute atomic E-state index is 0.588. The van der Waals surface area contributed by atoms with E-state index >= 15 is 0 Å². The van der Waals surface area contributed by atoms with Crippen LogP contribution in [0.1, 0.15) is 96.0 Å². The number of hydrogen-bond acceptors (Lipinski definition) is 2. The fourth-order valence-corrected chi connectivity index (χ4v) is 4.89. The van der Waals surface area contributed by atoms with E-state index in [2.05, 4.69) is 56.3 Å². The van der Waals surface area contributed by atoms with Gasteiger partial charge in [0.15, 0.2) is 0 Å². The highest BCUT2D eigenvalue weighted by atomic mass is 28.4. The van der Waals surface area contributed by atoms with Gasteiger partial charge in [0, 0.05) is 0 Å². The third kappa shape index (κ3) is 12.5. The predicted molar refractivity (Wildman–Crippen MR) is 125 cm³/mol. The topological polar surface area (TPSA) is 40.5 Å². The van der Waals surface area contributed by atoms with Crippen LogP contribution in [-0.2, 0) is 0 Å². The Balaban J connectivity index is 2.50. The Labute approximate surface area is 175 Å². The molecule has 2 unspecified atom stereocenters. The van der Waals surface area contributed by atoms with Crippen LogP contribution < -0.4 is 0 Å². The molecule has 0 saturated carbocycles. The monoisotopic (exact) mass is 404 g/mol. The third-order valence-electron chi connectivity index (χ3n) is 5.80. The van der Waals surface area contributed by atoms with Crippen LogP contribution in [0.4, 0.5) is 0 Å². The van der Waals surface area contributed by atoms with Crippen molar-refractivity contribution in [3.63, 3.8) is 0 Å². The van der Waals surface area contributed by atoms with Gasteiger partial charge in [-0.2, -0.15) is 0 Å². The highest BCUT2D eigenvalue weighted by molar-refractivity contribution is 6.63. The van der Waals surface area contributed by atoms with E-state index in [9.17, 15) is 9.59 Å². The molecular formula is C25H44O2Si. The van der Waals surface area contributed by atoms with Gasteiger partial charge in [-0.25, -0.2) is 0 Å². The quantitative estimate of drug-likeness (QED) is 0.172. The van der Waals surface area contributed by atoms with Crippen LogP contribution in [0.3, 0.4) is 0 Å². The molecule has 2 N–H and O–H groups in total. The zero-order chi connectivity index (χ0) is 20.7. The molecule has 0 aliphatic rings. The van der Waals surface area contributed by atoms with Gasteiger partial charge in [-0.05, 0) is 68.5 Å². The van der Waals surface area contributed by atoms with E-state index in [1.54, 1.807) is 6.55 Å². The average molecular weight is 405 g/mol. The summed E-state index contributed by atoms with van der Waals surface area (Å²) in [5.74, 6) is 1.35. The first-order valence-corrected chi connectivity index (χ1v) is 14.2. The van der Waals surface area contributed by atoms with Gasteiger partial charge in [-0.3, -0.25) is 0 Å². The van der Waals surface area contributed by atoms with Gasteiger partial charge in [-0.1, -0.05) is 88.4 Å². The molecule has 28 heavy (non-hydrogen) atoms. The van der Waals surface area contributed by atoms with Crippen molar-refractivity contribution in [2.75, 3.05) is 0 Å². The second-order valence-electron chi connectivity index (χ2n) is 8.62. The number of benzene rings is 1. The molecule has 2 atom stereocenters. The number of unbranched alkanes of at least 4 members (excludes halogenated alkanes) is 4. The van der Waals surface area contributed by atoms with Gasteiger partial charge < -0.3 is 9.59 Å². The summed E-state index contributed by atoms with van der Waals surface area (Å²) >= 11 is 0. The molecule has 2 nitrogen and oxygen atoms in total. The Morgan fingerprint density at radius 2 is 1.61 bits per heavy atom. The second kappa shape index (κ2) is 15.0. The first-order chi connectivity index (χ1) is 13.5. The van der Waals surface area contributed by atoms with Crippen molar-refractivity contribution >= 4 is 8.56 Å². The summed E-state index contributed by atoms with van der Waals surface area (Å²) in [5.41, 5.74) is 1.45. The van der Waals surface area contributed by atoms with E-state index in [-0.39, 0.29) is 0 Å². The van der Waals surface area contributed by atoms with Crippen LogP contribution in [0.15, 0.2) is 42.5 Å². The fourth-order valence-electron chi connectivity index (χ4n) is 3.97. The molecule has 0 aliphatic heterocycles. The molecule has 0 aliphatic carbocycles. The summed E-state index contributed by atoms with van der Waals surface area (Å²) in [7, 11) is -2.89. The maximum Gasteiger partial charge on any atom is 0.329 e. The largest absolute Gasteiger partial charge is 0.411 e. The minimum Gasteiger partial charge on any atom is -0.411 e. The zero-order valence-corrected chi connectivity index (χ0v) is 19.6. The third-order valence-corrected chi connectivity index (χ3v) is 7.10. The Hall–Kier alpha value is -0.903. The Kier molecular flexibility index (Phi) is 13.5. The van der Waals surface area contributed by atoms with Crippen molar-refractivity contribution in [2.45, 2.75) is 103 Å². The molecule has 0 bridgehead atoms. The first-order valence-electron chi connectivity index (χ1n) is 11.6. The number of hydrogen-bond donors (Lipinski definition) is 2. The van der Waals surface area contributed by atoms with Crippen molar-refractivity contribution in [1.82, 2.24) is 0 Å². The minimum atomic E-state index is -2.89. The lowest BCUT2D eigenvalue weighted by Gasteiger charge is -2.23. The lowest BCUT2D eigenvalue weighted by atomic mass is 9.82. The van der Waals surface area contributed by atoms with E-state index in [0.29, 0.717) is 12.0 Å². The van der Waals surface area contributed by atoms with Crippen LogP contribution in [-0.4, -0.2) is 18.2 Å². The van der Waals surface area contributed by atoms with E-state index < -0.39 is 8.56 Å².